The van der Waals surface area contributed by atoms with Crippen LogP contribution in [-0.4, -0.2) is 24.5 Å². The van der Waals surface area contributed by atoms with Gasteiger partial charge in [-0.3, -0.25) is 0 Å². The van der Waals surface area contributed by atoms with Gasteiger partial charge >= 0.3 is 0 Å². The van der Waals surface area contributed by atoms with Crippen molar-refractivity contribution in [3.05, 3.63) is 176 Å². The molecule has 0 bridgehead atoms. The van der Waals surface area contributed by atoms with Crippen LogP contribution in [0, 0.1) is 0 Å². The molecule has 244 valence electrons. The average molecular weight is 668 g/mol. The van der Waals surface area contributed by atoms with E-state index < -0.39 is 0 Å². The third kappa shape index (κ3) is 5.22. The number of rotatable bonds is 6. The first-order chi connectivity index (χ1) is 25.7. The summed E-state index contributed by atoms with van der Waals surface area (Å²) < 4.78 is 8.77. The quantitative estimate of drug-likeness (QED) is 0.176. The maximum Gasteiger partial charge on any atom is 0.227 e. The predicted molar refractivity (Wildman–Crippen MR) is 209 cm³/mol. The van der Waals surface area contributed by atoms with Gasteiger partial charge < -0.3 is 8.98 Å². The number of benzene rings is 7. The molecule has 10 aromatic rings. The molecule has 6 nitrogen and oxygen atoms in total. The van der Waals surface area contributed by atoms with Gasteiger partial charge in [0, 0.05) is 38.7 Å². The highest BCUT2D eigenvalue weighted by Gasteiger charge is 2.17. The van der Waals surface area contributed by atoms with Crippen LogP contribution in [-0.2, 0) is 0 Å². The third-order valence-corrected chi connectivity index (χ3v) is 9.47. The van der Waals surface area contributed by atoms with E-state index in [1.165, 1.54) is 10.8 Å². The van der Waals surface area contributed by atoms with Crippen LogP contribution in [0.3, 0.4) is 0 Å². The van der Waals surface area contributed by atoms with E-state index in [1.54, 1.807) is 0 Å². The summed E-state index contributed by atoms with van der Waals surface area (Å²) >= 11 is 0. The van der Waals surface area contributed by atoms with Gasteiger partial charge in [-0.05, 0) is 65.7 Å². The second-order valence-corrected chi connectivity index (χ2v) is 12.7. The molecule has 0 amide bonds. The molecule has 0 atom stereocenters. The maximum atomic E-state index is 6.47. The second-order valence-electron chi connectivity index (χ2n) is 12.7. The zero-order valence-electron chi connectivity index (χ0n) is 27.9. The molecular formula is C46H29N5O. The van der Waals surface area contributed by atoms with E-state index in [9.17, 15) is 0 Å². The number of hydrogen-bond acceptors (Lipinski definition) is 5. The molecule has 0 aliphatic heterocycles. The first-order valence-electron chi connectivity index (χ1n) is 17.2. The Morgan fingerprint density at radius 3 is 1.62 bits per heavy atom. The molecular weight excluding hydrogens is 639 g/mol. The number of para-hydroxylation sites is 2. The van der Waals surface area contributed by atoms with Gasteiger partial charge in [-0.1, -0.05) is 121 Å². The van der Waals surface area contributed by atoms with Crippen molar-refractivity contribution in [1.29, 1.82) is 0 Å². The van der Waals surface area contributed by atoms with Gasteiger partial charge in [-0.25, -0.2) is 19.9 Å². The highest BCUT2D eigenvalue weighted by atomic mass is 16.3. The maximum absolute atomic E-state index is 6.47. The second kappa shape index (κ2) is 12.3. The van der Waals surface area contributed by atoms with Crippen LogP contribution in [0.4, 0.5) is 0 Å². The Balaban J connectivity index is 1.06. The van der Waals surface area contributed by atoms with Crippen molar-refractivity contribution in [3.63, 3.8) is 0 Å². The molecule has 0 N–H and O–H groups in total. The van der Waals surface area contributed by atoms with Gasteiger partial charge in [0.25, 0.3) is 0 Å². The van der Waals surface area contributed by atoms with E-state index in [2.05, 4.69) is 95.6 Å². The van der Waals surface area contributed by atoms with Crippen molar-refractivity contribution in [1.82, 2.24) is 24.5 Å². The lowest BCUT2D eigenvalue weighted by molar-refractivity contribution is 0.620. The number of fused-ring (bicyclic) bond motifs is 4. The zero-order valence-corrected chi connectivity index (χ0v) is 27.9. The van der Waals surface area contributed by atoms with E-state index in [1.807, 2.05) is 84.9 Å². The summed E-state index contributed by atoms with van der Waals surface area (Å²) in [5, 5.41) is 2.44. The van der Waals surface area contributed by atoms with E-state index >= 15 is 0 Å². The highest BCUT2D eigenvalue weighted by molar-refractivity contribution is 6.09. The normalized spacial score (nSPS) is 11.5. The number of nitrogens with zero attached hydrogens (tertiary/aromatic N) is 5. The van der Waals surface area contributed by atoms with Crippen molar-refractivity contribution in [2.75, 3.05) is 0 Å². The molecule has 0 fully saturated rings. The Bertz CT molecular complexity index is 2860. The van der Waals surface area contributed by atoms with Gasteiger partial charge in [0.1, 0.15) is 5.52 Å². The zero-order chi connectivity index (χ0) is 34.4. The lowest BCUT2D eigenvalue weighted by atomic mass is 10.0. The minimum Gasteiger partial charge on any atom is -0.436 e. The van der Waals surface area contributed by atoms with Crippen LogP contribution >= 0.6 is 0 Å². The third-order valence-electron chi connectivity index (χ3n) is 9.47. The minimum absolute atomic E-state index is 0.550. The monoisotopic (exact) mass is 667 g/mol. The van der Waals surface area contributed by atoms with Crippen LogP contribution < -0.4 is 0 Å². The summed E-state index contributed by atoms with van der Waals surface area (Å²) in [5.74, 6) is 2.31. The molecule has 0 saturated heterocycles. The van der Waals surface area contributed by atoms with Crippen molar-refractivity contribution >= 4 is 32.9 Å². The van der Waals surface area contributed by atoms with E-state index in [-0.39, 0.29) is 0 Å². The summed E-state index contributed by atoms with van der Waals surface area (Å²) in [4.78, 5) is 19.8. The largest absolute Gasteiger partial charge is 0.436 e. The van der Waals surface area contributed by atoms with Gasteiger partial charge in [-0.15, -0.1) is 0 Å². The Morgan fingerprint density at radius 1 is 0.365 bits per heavy atom. The molecule has 10 rings (SSSR count). The molecule has 3 heterocycles. The van der Waals surface area contributed by atoms with Crippen LogP contribution in [0.25, 0.3) is 95.3 Å². The van der Waals surface area contributed by atoms with Crippen molar-refractivity contribution in [3.8, 4) is 62.4 Å². The van der Waals surface area contributed by atoms with Gasteiger partial charge in [-0.2, -0.15) is 0 Å². The van der Waals surface area contributed by atoms with Crippen LogP contribution in [0.5, 0.6) is 0 Å². The Morgan fingerprint density at radius 2 is 0.904 bits per heavy atom. The van der Waals surface area contributed by atoms with Gasteiger partial charge in [0.15, 0.2) is 23.1 Å². The van der Waals surface area contributed by atoms with Gasteiger partial charge in [0.05, 0.1) is 11.0 Å². The fourth-order valence-electron chi connectivity index (χ4n) is 6.98. The molecule has 0 radical (unpaired) electrons. The molecule has 6 heteroatoms. The minimum atomic E-state index is 0.550. The summed E-state index contributed by atoms with van der Waals surface area (Å²) in [6, 6.07) is 60.0. The molecule has 0 aliphatic carbocycles. The van der Waals surface area contributed by atoms with E-state index in [0.29, 0.717) is 28.9 Å². The number of aromatic nitrogens is 5. The molecule has 0 spiro atoms. The van der Waals surface area contributed by atoms with Crippen LogP contribution in [0.2, 0.25) is 0 Å². The fraction of sp³-hybridized carbons (Fsp3) is 0. The first-order valence-corrected chi connectivity index (χ1v) is 17.2. The predicted octanol–water partition coefficient (Wildman–Crippen LogP) is 11.4. The van der Waals surface area contributed by atoms with Crippen LogP contribution in [0.15, 0.2) is 180 Å². The van der Waals surface area contributed by atoms with Gasteiger partial charge in [0.2, 0.25) is 5.89 Å². The molecule has 3 aromatic heterocycles. The first kappa shape index (κ1) is 29.7. The molecule has 7 aromatic carbocycles. The summed E-state index contributed by atoms with van der Waals surface area (Å²) in [6.45, 7) is 0. The topological polar surface area (TPSA) is 69.6 Å². The number of hydrogen-bond donors (Lipinski definition) is 0. The SMILES string of the molecule is c1ccc(-c2cccc(-c3nc(-c4ccccc4)nc(-c4ccc5nc(-c6cccc(-n7c8ccccc8c8ccccc87)c6)oc5c4)n3)c2)cc1. The summed E-state index contributed by atoms with van der Waals surface area (Å²) in [6.07, 6.45) is 0. The van der Waals surface area contributed by atoms with E-state index in [0.717, 1.165) is 55.6 Å². The van der Waals surface area contributed by atoms with E-state index in [4.69, 9.17) is 24.4 Å². The molecule has 52 heavy (non-hydrogen) atoms. The molecule has 0 aliphatic rings. The lowest BCUT2D eigenvalue weighted by Crippen LogP contribution is -2.00. The standard InChI is InChI=1S/C46H29N5O/c1-3-13-30(14-4-1)32-17-11-18-33(27-32)44-48-43(31-15-5-2-6-16-31)49-45(50-44)34-25-26-39-42(29-34)52-46(47-39)35-19-12-20-36(28-35)51-40-23-9-7-21-37(40)38-22-8-10-24-41(38)51/h1-29H. The van der Waals surface area contributed by atoms with Crippen molar-refractivity contribution < 1.29 is 4.42 Å². The summed E-state index contributed by atoms with van der Waals surface area (Å²) in [5.41, 5.74) is 10.5. The van der Waals surface area contributed by atoms with Crippen molar-refractivity contribution in [2.45, 2.75) is 0 Å². The Labute approximate surface area is 299 Å². The summed E-state index contributed by atoms with van der Waals surface area (Å²) in [7, 11) is 0. The van der Waals surface area contributed by atoms with Crippen molar-refractivity contribution in [2.24, 2.45) is 0 Å². The smallest absolute Gasteiger partial charge is 0.227 e. The average Bonchev–Trinajstić information content (AvgIpc) is 3.81. The Hall–Kier alpha value is -7.18. The molecule has 0 unspecified atom stereocenters. The highest BCUT2D eigenvalue weighted by Crippen LogP contribution is 2.35. The Kier molecular flexibility index (Phi) is 7.03. The lowest BCUT2D eigenvalue weighted by Gasteiger charge is -2.09. The van der Waals surface area contributed by atoms with Crippen LogP contribution in [0.1, 0.15) is 0 Å². The fourth-order valence-corrected chi connectivity index (χ4v) is 6.98. The number of oxazole rings is 1. The molecule has 0 saturated carbocycles.